The highest BCUT2D eigenvalue weighted by Crippen LogP contribution is 2.49. The fourth-order valence-electron chi connectivity index (χ4n) is 1.78. The standard InChI is InChI=1S/C9H14N4OS/c1-12-6-11-13(8(12)14)5-9(2-3-9)4-7(10)15/h6H,2-5H2,1H3,(H2,10,15). The Morgan fingerprint density at radius 2 is 2.40 bits per heavy atom. The van der Waals surface area contributed by atoms with Crippen molar-refractivity contribution in [2.45, 2.75) is 25.8 Å². The summed E-state index contributed by atoms with van der Waals surface area (Å²) >= 11 is 4.90. The Balaban J connectivity index is 2.12. The van der Waals surface area contributed by atoms with E-state index in [4.69, 9.17) is 18.0 Å². The SMILES string of the molecule is Cn1cnn(CC2(CC(N)=S)CC2)c1=O. The van der Waals surface area contributed by atoms with Crippen LogP contribution in [0.1, 0.15) is 19.3 Å². The minimum atomic E-state index is -0.0794. The van der Waals surface area contributed by atoms with Gasteiger partial charge in [-0.1, -0.05) is 12.2 Å². The molecule has 6 heteroatoms. The van der Waals surface area contributed by atoms with Crippen molar-refractivity contribution in [1.29, 1.82) is 0 Å². The largest absolute Gasteiger partial charge is 0.393 e. The van der Waals surface area contributed by atoms with E-state index in [2.05, 4.69) is 5.10 Å². The fourth-order valence-corrected chi connectivity index (χ4v) is 2.09. The van der Waals surface area contributed by atoms with Crippen LogP contribution in [-0.2, 0) is 13.6 Å². The summed E-state index contributed by atoms with van der Waals surface area (Å²) in [6.45, 7) is 0.629. The molecule has 1 aromatic rings. The smallest absolute Gasteiger partial charge is 0.345 e. The molecule has 0 unspecified atom stereocenters. The van der Waals surface area contributed by atoms with Crippen molar-refractivity contribution >= 4 is 17.2 Å². The lowest BCUT2D eigenvalue weighted by atomic mass is 10.0. The fraction of sp³-hybridized carbons (Fsp3) is 0.667. The molecule has 0 spiro atoms. The highest BCUT2D eigenvalue weighted by Gasteiger charge is 2.43. The van der Waals surface area contributed by atoms with E-state index in [0.29, 0.717) is 18.0 Å². The summed E-state index contributed by atoms with van der Waals surface area (Å²) in [5, 5.41) is 4.03. The lowest BCUT2D eigenvalue weighted by molar-refractivity contribution is 0.400. The summed E-state index contributed by atoms with van der Waals surface area (Å²) in [6.07, 6.45) is 4.39. The van der Waals surface area contributed by atoms with Gasteiger partial charge < -0.3 is 5.73 Å². The van der Waals surface area contributed by atoms with Gasteiger partial charge >= 0.3 is 5.69 Å². The van der Waals surface area contributed by atoms with Crippen LogP contribution in [-0.4, -0.2) is 19.3 Å². The van der Waals surface area contributed by atoms with Crippen molar-refractivity contribution in [3.05, 3.63) is 16.8 Å². The van der Waals surface area contributed by atoms with Crippen molar-refractivity contribution in [3.8, 4) is 0 Å². The van der Waals surface area contributed by atoms with Crippen LogP contribution in [0.3, 0.4) is 0 Å². The molecule has 1 fully saturated rings. The van der Waals surface area contributed by atoms with Gasteiger partial charge in [0.05, 0.1) is 11.5 Å². The van der Waals surface area contributed by atoms with Gasteiger partial charge in [0.2, 0.25) is 0 Å². The first-order valence-corrected chi connectivity index (χ1v) is 5.30. The molecule has 15 heavy (non-hydrogen) atoms. The average molecular weight is 226 g/mol. The molecule has 0 bridgehead atoms. The predicted molar refractivity (Wildman–Crippen MR) is 60.5 cm³/mol. The van der Waals surface area contributed by atoms with Gasteiger partial charge in [0, 0.05) is 13.5 Å². The summed E-state index contributed by atoms with van der Waals surface area (Å²) in [5.41, 5.74) is 5.56. The number of aryl methyl sites for hydroxylation is 1. The van der Waals surface area contributed by atoms with Crippen LogP contribution in [0, 0.1) is 5.41 Å². The van der Waals surface area contributed by atoms with Gasteiger partial charge in [0.25, 0.3) is 0 Å². The van der Waals surface area contributed by atoms with Crippen LogP contribution in [0.15, 0.2) is 11.1 Å². The molecule has 0 radical (unpaired) electrons. The molecular formula is C9H14N4OS. The third-order valence-corrected chi connectivity index (χ3v) is 3.02. The van der Waals surface area contributed by atoms with Crippen molar-refractivity contribution in [3.63, 3.8) is 0 Å². The molecular weight excluding hydrogens is 212 g/mol. The summed E-state index contributed by atoms with van der Waals surface area (Å²) in [5.74, 6) is 0. The zero-order chi connectivity index (χ0) is 11.1. The second-order valence-corrected chi connectivity index (χ2v) is 4.85. The van der Waals surface area contributed by atoms with Gasteiger partial charge in [0.15, 0.2) is 0 Å². The Morgan fingerprint density at radius 1 is 1.73 bits per heavy atom. The molecule has 0 atom stereocenters. The van der Waals surface area contributed by atoms with E-state index >= 15 is 0 Å². The van der Waals surface area contributed by atoms with Gasteiger partial charge in [-0.3, -0.25) is 4.57 Å². The Kier molecular flexibility index (Phi) is 2.38. The van der Waals surface area contributed by atoms with Crippen LogP contribution in [0.4, 0.5) is 0 Å². The Bertz CT molecular complexity index is 443. The number of thiocarbonyl (C=S) groups is 1. The molecule has 1 heterocycles. The van der Waals surface area contributed by atoms with Gasteiger partial charge in [-0.15, -0.1) is 0 Å². The molecule has 1 aliphatic rings. The Labute approximate surface area is 92.9 Å². The minimum Gasteiger partial charge on any atom is -0.393 e. The molecule has 2 rings (SSSR count). The molecule has 2 N–H and O–H groups in total. The number of nitrogens with zero attached hydrogens (tertiary/aromatic N) is 3. The topological polar surface area (TPSA) is 65.8 Å². The van der Waals surface area contributed by atoms with E-state index in [9.17, 15) is 4.79 Å². The second kappa shape index (κ2) is 3.44. The monoisotopic (exact) mass is 226 g/mol. The van der Waals surface area contributed by atoms with E-state index in [1.54, 1.807) is 7.05 Å². The summed E-state index contributed by atoms with van der Waals surface area (Å²) in [6, 6.07) is 0. The summed E-state index contributed by atoms with van der Waals surface area (Å²) < 4.78 is 2.96. The summed E-state index contributed by atoms with van der Waals surface area (Å²) in [7, 11) is 1.69. The molecule has 0 aliphatic heterocycles. The maximum absolute atomic E-state index is 11.6. The van der Waals surface area contributed by atoms with E-state index in [1.165, 1.54) is 15.6 Å². The van der Waals surface area contributed by atoms with Gasteiger partial charge in [0.1, 0.15) is 6.33 Å². The van der Waals surface area contributed by atoms with Gasteiger partial charge in [-0.05, 0) is 18.3 Å². The molecule has 1 saturated carbocycles. The molecule has 5 nitrogen and oxygen atoms in total. The number of aromatic nitrogens is 3. The minimum absolute atomic E-state index is 0.0794. The van der Waals surface area contributed by atoms with Crippen molar-refractivity contribution in [1.82, 2.24) is 14.3 Å². The van der Waals surface area contributed by atoms with Crippen LogP contribution in [0.25, 0.3) is 0 Å². The Hall–Kier alpha value is -1.17. The average Bonchev–Trinajstić information content (AvgIpc) is 2.82. The van der Waals surface area contributed by atoms with E-state index < -0.39 is 0 Å². The van der Waals surface area contributed by atoms with Crippen molar-refractivity contribution in [2.24, 2.45) is 18.2 Å². The van der Waals surface area contributed by atoms with E-state index in [0.717, 1.165) is 12.8 Å². The number of hydrogen-bond donors (Lipinski definition) is 1. The molecule has 0 saturated heterocycles. The van der Waals surface area contributed by atoms with Crippen LogP contribution in [0.5, 0.6) is 0 Å². The molecule has 82 valence electrons. The first kappa shape index (κ1) is 10.4. The molecule has 1 aromatic heterocycles. The summed E-state index contributed by atoms with van der Waals surface area (Å²) in [4.78, 5) is 12.1. The van der Waals surface area contributed by atoms with E-state index in [1.807, 2.05) is 0 Å². The zero-order valence-electron chi connectivity index (χ0n) is 8.64. The maximum Gasteiger partial charge on any atom is 0.345 e. The lowest BCUT2D eigenvalue weighted by Gasteiger charge is -2.12. The number of rotatable bonds is 4. The predicted octanol–water partition coefficient (Wildman–Crippen LogP) is 0.0382. The Morgan fingerprint density at radius 3 is 2.80 bits per heavy atom. The van der Waals surface area contributed by atoms with Crippen molar-refractivity contribution in [2.75, 3.05) is 0 Å². The first-order valence-electron chi connectivity index (χ1n) is 4.89. The van der Waals surface area contributed by atoms with Crippen molar-refractivity contribution < 1.29 is 0 Å². The van der Waals surface area contributed by atoms with Gasteiger partial charge in [-0.2, -0.15) is 5.10 Å². The molecule has 1 aliphatic carbocycles. The zero-order valence-corrected chi connectivity index (χ0v) is 9.46. The van der Waals surface area contributed by atoms with Crippen LogP contribution in [0.2, 0.25) is 0 Å². The molecule has 0 amide bonds. The maximum atomic E-state index is 11.6. The second-order valence-electron chi connectivity index (χ2n) is 4.33. The third-order valence-electron chi connectivity index (χ3n) is 2.88. The normalized spacial score (nSPS) is 17.7. The third kappa shape index (κ3) is 2.09. The van der Waals surface area contributed by atoms with Gasteiger partial charge in [-0.25, -0.2) is 9.48 Å². The number of nitrogens with two attached hydrogens (primary N) is 1. The number of hydrogen-bond acceptors (Lipinski definition) is 3. The van der Waals surface area contributed by atoms with Crippen LogP contribution < -0.4 is 11.4 Å². The quantitative estimate of drug-likeness (QED) is 0.736. The molecule has 0 aromatic carbocycles. The highest BCUT2D eigenvalue weighted by atomic mass is 32.1. The first-order chi connectivity index (χ1) is 7.02. The van der Waals surface area contributed by atoms with E-state index in [-0.39, 0.29) is 11.1 Å². The highest BCUT2D eigenvalue weighted by molar-refractivity contribution is 7.80. The lowest BCUT2D eigenvalue weighted by Crippen LogP contribution is -2.28. The van der Waals surface area contributed by atoms with Crippen LogP contribution >= 0.6 is 12.2 Å².